The third-order valence-corrected chi connectivity index (χ3v) is 9.04. The predicted octanol–water partition coefficient (Wildman–Crippen LogP) is 4.99. The number of carbonyl (C=O) groups excluding carboxylic acids is 2. The molecule has 0 aromatic heterocycles. The molecule has 8 atom stereocenters. The molecule has 0 aliphatic heterocycles. The van der Waals surface area contributed by atoms with E-state index in [2.05, 4.69) is 13.8 Å². The molecule has 4 heteroatoms. The molecule has 0 N–H and O–H groups in total. The van der Waals surface area contributed by atoms with Gasteiger partial charge in [-0.3, -0.25) is 4.79 Å². The third-order valence-electron chi connectivity index (χ3n) is 9.04. The molecule has 4 bridgehead atoms. The summed E-state index contributed by atoms with van der Waals surface area (Å²) in [7, 11) is 0. The molecule has 8 unspecified atom stereocenters. The molecule has 158 valence electrons. The van der Waals surface area contributed by atoms with E-state index in [1.165, 1.54) is 32.1 Å². The number of hydrogen-bond acceptors (Lipinski definition) is 4. The Balaban J connectivity index is 1.38. The van der Waals surface area contributed by atoms with E-state index in [1.54, 1.807) is 6.92 Å². The van der Waals surface area contributed by atoms with Crippen molar-refractivity contribution in [3.63, 3.8) is 0 Å². The zero-order chi connectivity index (χ0) is 20.4. The Morgan fingerprint density at radius 1 is 0.964 bits per heavy atom. The van der Waals surface area contributed by atoms with Crippen molar-refractivity contribution in [2.75, 3.05) is 0 Å². The predicted molar refractivity (Wildman–Crippen MR) is 107 cm³/mol. The van der Waals surface area contributed by atoms with Gasteiger partial charge in [-0.1, -0.05) is 6.92 Å². The van der Waals surface area contributed by atoms with Gasteiger partial charge >= 0.3 is 11.9 Å². The number of carbonyl (C=O) groups is 2. The van der Waals surface area contributed by atoms with E-state index in [4.69, 9.17) is 9.47 Å². The van der Waals surface area contributed by atoms with Gasteiger partial charge in [0.15, 0.2) is 6.10 Å². The molecule has 0 aromatic rings. The smallest absolute Gasteiger partial charge is 0.347 e. The Morgan fingerprint density at radius 3 is 2.25 bits per heavy atom. The lowest BCUT2D eigenvalue weighted by Crippen LogP contribution is -2.46. The Hall–Kier alpha value is -1.06. The number of esters is 2. The number of ether oxygens (including phenoxy) is 2. The quantitative estimate of drug-likeness (QED) is 0.473. The molecular weight excluding hydrogens is 352 g/mol. The molecule has 4 saturated carbocycles. The fourth-order valence-corrected chi connectivity index (χ4v) is 7.30. The second-order valence-electron chi connectivity index (χ2n) is 11.3. The van der Waals surface area contributed by atoms with Crippen molar-refractivity contribution >= 4 is 11.9 Å². The van der Waals surface area contributed by atoms with Crippen molar-refractivity contribution in [3.8, 4) is 0 Å². The van der Waals surface area contributed by atoms with Crippen LogP contribution in [0.5, 0.6) is 0 Å². The summed E-state index contributed by atoms with van der Waals surface area (Å²) in [6, 6.07) is 0. The molecule has 0 radical (unpaired) electrons. The van der Waals surface area contributed by atoms with Gasteiger partial charge in [0.1, 0.15) is 5.60 Å². The van der Waals surface area contributed by atoms with E-state index in [9.17, 15) is 9.59 Å². The summed E-state index contributed by atoms with van der Waals surface area (Å²) in [4.78, 5) is 25.0. The van der Waals surface area contributed by atoms with Crippen molar-refractivity contribution in [1.29, 1.82) is 0 Å². The van der Waals surface area contributed by atoms with Crippen LogP contribution in [0.4, 0.5) is 0 Å². The first-order valence-corrected chi connectivity index (χ1v) is 11.5. The van der Waals surface area contributed by atoms with E-state index < -0.39 is 23.1 Å². The minimum atomic E-state index is -0.855. The molecular formula is C24H38O4. The SMILES string of the molecule is CCC(C)(C)C(=O)OC(C)C(=O)OC(C)(C)C1CC2CC1C1C3CCC(C3)C21. The first-order chi connectivity index (χ1) is 13.0. The molecule has 0 heterocycles. The van der Waals surface area contributed by atoms with Gasteiger partial charge < -0.3 is 9.47 Å². The van der Waals surface area contributed by atoms with Gasteiger partial charge in [-0.15, -0.1) is 0 Å². The van der Waals surface area contributed by atoms with Gasteiger partial charge in [0.05, 0.1) is 5.41 Å². The Bertz CT molecular complexity index is 651. The monoisotopic (exact) mass is 390 g/mol. The number of hydrogen-bond donors (Lipinski definition) is 0. The Labute approximate surface area is 170 Å². The van der Waals surface area contributed by atoms with Crippen LogP contribution in [0.15, 0.2) is 0 Å². The highest BCUT2D eigenvalue weighted by molar-refractivity contribution is 5.81. The van der Waals surface area contributed by atoms with Crippen molar-refractivity contribution in [2.45, 2.75) is 91.8 Å². The van der Waals surface area contributed by atoms with E-state index in [0.717, 1.165) is 29.6 Å². The van der Waals surface area contributed by atoms with E-state index >= 15 is 0 Å². The van der Waals surface area contributed by atoms with Crippen LogP contribution in [0.1, 0.15) is 80.1 Å². The molecule has 4 rings (SSSR count). The number of fused-ring (bicyclic) bond motifs is 9. The lowest BCUT2D eigenvalue weighted by Gasteiger charge is -2.44. The van der Waals surface area contributed by atoms with Gasteiger partial charge in [-0.2, -0.15) is 0 Å². The minimum absolute atomic E-state index is 0.331. The van der Waals surface area contributed by atoms with Crippen molar-refractivity contribution in [3.05, 3.63) is 0 Å². The Kier molecular flexibility index (Phi) is 4.87. The average molecular weight is 391 g/mol. The van der Waals surface area contributed by atoms with Crippen molar-refractivity contribution in [2.24, 2.45) is 46.8 Å². The maximum atomic E-state index is 12.7. The molecule has 0 amide bonds. The highest BCUT2D eigenvalue weighted by atomic mass is 16.6. The summed E-state index contributed by atoms with van der Waals surface area (Å²) in [5.74, 6) is 5.01. The lowest BCUT2D eigenvalue weighted by molar-refractivity contribution is -0.185. The normalized spacial score (nSPS) is 39.7. The standard InChI is InChI=1S/C24H38O4/c1-7-23(3,4)22(26)27-13(2)21(25)28-24(5,6)18-12-16-11-17(18)20-15-9-8-14(10-15)19(16)20/h13-20H,7-12H2,1-6H3. The topological polar surface area (TPSA) is 52.6 Å². The minimum Gasteiger partial charge on any atom is -0.457 e. The van der Waals surface area contributed by atoms with E-state index in [1.807, 2.05) is 20.8 Å². The second-order valence-corrected chi connectivity index (χ2v) is 11.3. The fourth-order valence-electron chi connectivity index (χ4n) is 7.30. The van der Waals surface area contributed by atoms with Crippen LogP contribution >= 0.6 is 0 Å². The molecule has 28 heavy (non-hydrogen) atoms. The molecule has 0 spiro atoms. The molecule has 0 saturated heterocycles. The van der Waals surface area contributed by atoms with Gasteiger partial charge in [-0.05, 0) is 109 Å². The third kappa shape index (κ3) is 3.10. The lowest BCUT2D eigenvalue weighted by atomic mass is 9.64. The van der Waals surface area contributed by atoms with Gasteiger partial charge in [0.25, 0.3) is 0 Å². The summed E-state index contributed by atoms with van der Waals surface area (Å²) >= 11 is 0. The van der Waals surface area contributed by atoms with Crippen molar-refractivity contribution in [1.82, 2.24) is 0 Å². The largest absolute Gasteiger partial charge is 0.457 e. The van der Waals surface area contributed by atoms with Crippen LogP contribution in [-0.4, -0.2) is 23.6 Å². The summed E-state index contributed by atoms with van der Waals surface area (Å²) in [6.45, 7) is 11.4. The maximum absolute atomic E-state index is 12.7. The van der Waals surface area contributed by atoms with E-state index in [-0.39, 0.29) is 5.97 Å². The number of rotatable bonds is 6. The van der Waals surface area contributed by atoms with Gasteiger partial charge in [-0.25, -0.2) is 4.79 Å². The van der Waals surface area contributed by atoms with Crippen molar-refractivity contribution < 1.29 is 19.1 Å². The summed E-state index contributed by atoms with van der Waals surface area (Å²) in [6.07, 6.45) is 6.68. The highest BCUT2D eigenvalue weighted by Gasteiger charge is 2.64. The molecule has 4 fully saturated rings. The first-order valence-electron chi connectivity index (χ1n) is 11.5. The summed E-state index contributed by atoms with van der Waals surface area (Å²) < 4.78 is 11.4. The molecule has 4 nitrogen and oxygen atoms in total. The highest BCUT2D eigenvalue weighted by Crippen LogP contribution is 2.70. The summed E-state index contributed by atoms with van der Waals surface area (Å²) in [5.41, 5.74) is -1.07. The molecule has 0 aromatic carbocycles. The van der Waals surface area contributed by atoms with Crippen LogP contribution in [0, 0.1) is 46.8 Å². The zero-order valence-corrected chi connectivity index (χ0v) is 18.5. The van der Waals surface area contributed by atoms with E-state index in [0.29, 0.717) is 18.3 Å². The van der Waals surface area contributed by atoms with Crippen LogP contribution in [0.2, 0.25) is 0 Å². The van der Waals surface area contributed by atoms with Crippen LogP contribution < -0.4 is 0 Å². The van der Waals surface area contributed by atoms with Gasteiger partial charge in [0, 0.05) is 5.92 Å². The fraction of sp³-hybridized carbons (Fsp3) is 0.917. The average Bonchev–Trinajstić information content (AvgIpc) is 3.39. The van der Waals surface area contributed by atoms with Crippen LogP contribution in [0.3, 0.4) is 0 Å². The molecule has 4 aliphatic carbocycles. The van der Waals surface area contributed by atoms with Crippen LogP contribution in [-0.2, 0) is 19.1 Å². The second kappa shape index (κ2) is 6.74. The maximum Gasteiger partial charge on any atom is 0.347 e. The first kappa shape index (κ1) is 20.2. The molecule has 4 aliphatic rings. The Morgan fingerprint density at radius 2 is 1.61 bits per heavy atom. The summed E-state index contributed by atoms with van der Waals surface area (Å²) in [5, 5.41) is 0. The van der Waals surface area contributed by atoms with Crippen LogP contribution in [0.25, 0.3) is 0 Å². The van der Waals surface area contributed by atoms with Gasteiger partial charge in [0.2, 0.25) is 0 Å². The zero-order valence-electron chi connectivity index (χ0n) is 18.5.